The lowest BCUT2D eigenvalue weighted by Crippen LogP contribution is -2.31. The van der Waals surface area contributed by atoms with Gasteiger partial charge in [0.25, 0.3) is 11.8 Å². The van der Waals surface area contributed by atoms with E-state index in [2.05, 4.69) is 0 Å². The molecule has 0 radical (unpaired) electrons. The number of carbonyl (C=O) groups excluding carboxylic acids is 3. The molecular formula is C23H25NO6. The van der Waals surface area contributed by atoms with E-state index in [4.69, 9.17) is 14.2 Å². The van der Waals surface area contributed by atoms with Crippen LogP contribution < -0.4 is 9.47 Å². The van der Waals surface area contributed by atoms with Crippen LogP contribution in [-0.2, 0) is 9.53 Å². The lowest BCUT2D eigenvalue weighted by Gasteiger charge is -2.13. The number of esters is 1. The highest BCUT2D eigenvalue weighted by atomic mass is 16.6. The molecule has 158 valence electrons. The van der Waals surface area contributed by atoms with Crippen molar-refractivity contribution in [1.82, 2.24) is 4.90 Å². The maximum Gasteiger partial charge on any atom is 0.305 e. The average Bonchev–Trinajstić information content (AvgIpc) is 3.01. The van der Waals surface area contributed by atoms with Crippen molar-refractivity contribution in [3.63, 3.8) is 0 Å². The Morgan fingerprint density at radius 2 is 1.40 bits per heavy atom. The first-order valence-electron chi connectivity index (χ1n) is 10.1. The molecule has 1 aliphatic rings. The van der Waals surface area contributed by atoms with E-state index in [0.29, 0.717) is 29.9 Å². The summed E-state index contributed by atoms with van der Waals surface area (Å²) in [6.07, 6.45) is 1.42. The van der Waals surface area contributed by atoms with Crippen LogP contribution in [-0.4, -0.2) is 49.0 Å². The predicted molar refractivity (Wildman–Crippen MR) is 110 cm³/mol. The van der Waals surface area contributed by atoms with Crippen LogP contribution in [0.5, 0.6) is 11.5 Å². The third kappa shape index (κ3) is 5.37. The Labute approximate surface area is 175 Å². The highest BCUT2D eigenvalue weighted by Crippen LogP contribution is 2.22. The van der Waals surface area contributed by atoms with E-state index in [0.717, 1.165) is 12.2 Å². The number of carbonyl (C=O) groups is 3. The van der Waals surface area contributed by atoms with Gasteiger partial charge in [-0.25, -0.2) is 0 Å². The third-order valence-corrected chi connectivity index (χ3v) is 4.55. The smallest absolute Gasteiger partial charge is 0.305 e. The van der Waals surface area contributed by atoms with Crippen molar-refractivity contribution in [2.75, 3.05) is 26.4 Å². The van der Waals surface area contributed by atoms with Gasteiger partial charge in [-0.15, -0.1) is 0 Å². The van der Waals surface area contributed by atoms with Crippen molar-refractivity contribution < 1.29 is 28.6 Å². The highest BCUT2D eigenvalue weighted by molar-refractivity contribution is 6.21. The molecule has 0 fully saturated rings. The van der Waals surface area contributed by atoms with E-state index >= 15 is 0 Å². The van der Waals surface area contributed by atoms with Gasteiger partial charge in [0.05, 0.1) is 17.7 Å². The normalized spacial score (nSPS) is 12.6. The van der Waals surface area contributed by atoms with Gasteiger partial charge < -0.3 is 14.2 Å². The molecule has 0 N–H and O–H groups in total. The van der Waals surface area contributed by atoms with Gasteiger partial charge in [-0.1, -0.05) is 19.1 Å². The van der Waals surface area contributed by atoms with Crippen molar-refractivity contribution in [1.29, 1.82) is 0 Å². The fraction of sp³-hybridized carbons (Fsp3) is 0.348. The van der Waals surface area contributed by atoms with Crippen molar-refractivity contribution in [2.24, 2.45) is 0 Å². The van der Waals surface area contributed by atoms with Gasteiger partial charge in [-0.05, 0) is 49.2 Å². The van der Waals surface area contributed by atoms with Crippen molar-refractivity contribution in [3.8, 4) is 11.5 Å². The van der Waals surface area contributed by atoms with Gasteiger partial charge in [-0.3, -0.25) is 19.3 Å². The Bertz CT molecular complexity index is 858. The van der Waals surface area contributed by atoms with Crippen molar-refractivity contribution >= 4 is 17.8 Å². The summed E-state index contributed by atoms with van der Waals surface area (Å²) in [5, 5.41) is 0. The van der Waals surface area contributed by atoms with Crippen molar-refractivity contribution in [3.05, 3.63) is 59.7 Å². The molecule has 2 aromatic rings. The predicted octanol–water partition coefficient (Wildman–Crippen LogP) is 3.47. The molecule has 0 saturated heterocycles. The minimum absolute atomic E-state index is 0.122. The SMILES string of the molecule is CCCOc1ccc(OCCOC(=O)CCCN2C(=O)c3ccccc3C2=O)cc1. The molecule has 2 amide bonds. The zero-order valence-corrected chi connectivity index (χ0v) is 17.0. The summed E-state index contributed by atoms with van der Waals surface area (Å²) in [6, 6.07) is 14.0. The van der Waals surface area contributed by atoms with Gasteiger partial charge in [-0.2, -0.15) is 0 Å². The molecule has 0 spiro atoms. The van der Waals surface area contributed by atoms with E-state index in [9.17, 15) is 14.4 Å². The molecule has 1 heterocycles. The lowest BCUT2D eigenvalue weighted by molar-refractivity contribution is -0.144. The maximum atomic E-state index is 12.3. The van der Waals surface area contributed by atoms with E-state index < -0.39 is 5.97 Å². The van der Waals surface area contributed by atoms with Crippen molar-refractivity contribution in [2.45, 2.75) is 26.2 Å². The molecule has 0 bridgehead atoms. The zero-order chi connectivity index (χ0) is 21.3. The summed E-state index contributed by atoms with van der Waals surface area (Å²) < 4.78 is 16.2. The molecule has 3 rings (SSSR count). The van der Waals surface area contributed by atoms with Crippen LogP contribution in [0.15, 0.2) is 48.5 Å². The Morgan fingerprint density at radius 1 is 0.833 bits per heavy atom. The molecule has 7 heteroatoms. The molecule has 0 aliphatic carbocycles. The second kappa shape index (κ2) is 10.4. The number of rotatable bonds is 11. The summed E-state index contributed by atoms with van der Waals surface area (Å²) in [6.45, 7) is 3.26. The third-order valence-electron chi connectivity index (χ3n) is 4.55. The van der Waals surface area contributed by atoms with E-state index in [1.54, 1.807) is 36.4 Å². The molecule has 1 aliphatic heterocycles. The first-order chi connectivity index (χ1) is 14.6. The molecule has 7 nitrogen and oxygen atoms in total. The molecule has 0 saturated carbocycles. The monoisotopic (exact) mass is 411 g/mol. The van der Waals surface area contributed by atoms with E-state index in [1.165, 1.54) is 4.90 Å². The number of amides is 2. The molecule has 2 aromatic carbocycles. The molecule has 0 atom stereocenters. The molecular weight excluding hydrogens is 386 g/mol. The number of fused-ring (bicyclic) bond motifs is 1. The topological polar surface area (TPSA) is 82.1 Å². The Hall–Kier alpha value is -3.35. The van der Waals surface area contributed by atoms with Crippen LogP contribution >= 0.6 is 0 Å². The summed E-state index contributed by atoms with van der Waals surface area (Å²) in [5.74, 6) is 0.430. The van der Waals surface area contributed by atoms with Gasteiger partial charge in [0.2, 0.25) is 0 Å². The summed E-state index contributed by atoms with van der Waals surface area (Å²) >= 11 is 0. The highest BCUT2D eigenvalue weighted by Gasteiger charge is 2.34. The Kier molecular flexibility index (Phi) is 7.43. The summed E-state index contributed by atoms with van der Waals surface area (Å²) in [7, 11) is 0. The van der Waals surface area contributed by atoms with Crippen LogP contribution in [0.3, 0.4) is 0 Å². The first kappa shape index (κ1) is 21.4. The largest absolute Gasteiger partial charge is 0.494 e. The minimum atomic E-state index is -0.390. The van der Waals surface area contributed by atoms with Crippen LogP contribution in [0.2, 0.25) is 0 Å². The first-order valence-corrected chi connectivity index (χ1v) is 10.1. The van der Waals surface area contributed by atoms with E-state index in [-0.39, 0.29) is 38.0 Å². The second-order valence-corrected chi connectivity index (χ2v) is 6.80. The Morgan fingerprint density at radius 3 is 1.97 bits per heavy atom. The zero-order valence-electron chi connectivity index (χ0n) is 17.0. The van der Waals surface area contributed by atoms with Gasteiger partial charge in [0.1, 0.15) is 24.7 Å². The fourth-order valence-corrected chi connectivity index (χ4v) is 3.06. The van der Waals surface area contributed by atoms with Crippen LogP contribution in [0.25, 0.3) is 0 Å². The van der Waals surface area contributed by atoms with Gasteiger partial charge in [0.15, 0.2) is 0 Å². The molecule has 30 heavy (non-hydrogen) atoms. The molecule has 0 unspecified atom stereocenters. The number of ether oxygens (including phenoxy) is 3. The lowest BCUT2D eigenvalue weighted by atomic mass is 10.1. The van der Waals surface area contributed by atoms with E-state index in [1.807, 2.05) is 19.1 Å². The Balaban J connectivity index is 1.31. The van der Waals surface area contributed by atoms with Crippen LogP contribution in [0.4, 0.5) is 0 Å². The minimum Gasteiger partial charge on any atom is -0.494 e. The number of hydrogen-bond donors (Lipinski definition) is 0. The van der Waals surface area contributed by atoms with Gasteiger partial charge >= 0.3 is 5.97 Å². The fourth-order valence-electron chi connectivity index (χ4n) is 3.06. The quantitative estimate of drug-likeness (QED) is 0.320. The molecule has 0 aromatic heterocycles. The maximum absolute atomic E-state index is 12.3. The number of hydrogen-bond acceptors (Lipinski definition) is 6. The van der Waals surface area contributed by atoms with Gasteiger partial charge in [0, 0.05) is 13.0 Å². The van der Waals surface area contributed by atoms with Crippen LogP contribution in [0.1, 0.15) is 46.9 Å². The summed E-state index contributed by atoms with van der Waals surface area (Å²) in [4.78, 5) is 37.6. The second-order valence-electron chi connectivity index (χ2n) is 6.80. The number of nitrogens with zero attached hydrogens (tertiary/aromatic N) is 1. The number of benzene rings is 2. The number of imide groups is 1. The summed E-state index contributed by atoms with van der Waals surface area (Å²) in [5.41, 5.74) is 0.819. The standard InChI is InChI=1S/C23H25NO6/c1-2-14-28-17-9-11-18(12-10-17)29-15-16-30-21(25)8-5-13-24-22(26)19-6-3-4-7-20(19)23(24)27/h3-4,6-7,9-12H,2,5,8,13-16H2,1H3. The average molecular weight is 411 g/mol. The van der Waals surface area contributed by atoms with Crippen LogP contribution in [0, 0.1) is 0 Å².